The monoisotopic (exact) mass is 997 g/mol. The first kappa shape index (κ1) is 57.2. The number of nitrogens with one attached hydrogen (secondary N) is 5. The van der Waals surface area contributed by atoms with Crippen molar-refractivity contribution in [3.05, 3.63) is 182 Å². The van der Waals surface area contributed by atoms with E-state index in [0.717, 1.165) is 23.8 Å². The van der Waals surface area contributed by atoms with E-state index in [4.69, 9.17) is 46.4 Å². The first-order chi connectivity index (χ1) is 30.9. The highest BCUT2D eigenvalue weighted by Crippen LogP contribution is 2.32. The van der Waals surface area contributed by atoms with Gasteiger partial charge in [0.2, 0.25) is 0 Å². The topological polar surface area (TPSA) is 232 Å². The first-order valence-corrected chi connectivity index (χ1v) is 20.1. The molecule has 0 spiro atoms. The summed E-state index contributed by atoms with van der Waals surface area (Å²) in [6, 6.07) is 22.9. The fourth-order valence-corrected chi connectivity index (χ4v) is 6.08. The van der Waals surface area contributed by atoms with E-state index in [-0.39, 0.29) is 45.2 Å². The Bertz CT molecular complexity index is 2460. The maximum absolute atomic E-state index is 12.3. The first-order valence-electron chi connectivity index (χ1n) is 18.6. The van der Waals surface area contributed by atoms with Gasteiger partial charge in [0.25, 0.3) is 40.9 Å². The summed E-state index contributed by atoms with van der Waals surface area (Å²) in [5, 5.41) is 34.1. The molecule has 5 aromatic rings. The van der Waals surface area contributed by atoms with Crippen molar-refractivity contribution >= 4 is 87.3 Å². The molecule has 0 unspecified atom stereocenters. The van der Waals surface area contributed by atoms with E-state index in [1.165, 1.54) is 64.6 Å². The number of para-hydroxylation sites is 1. The Labute approximate surface area is 396 Å². The van der Waals surface area contributed by atoms with E-state index in [1.807, 2.05) is 19.1 Å². The molecule has 0 saturated heterocycles. The Morgan fingerprint density at radius 3 is 1.39 bits per heavy atom. The van der Waals surface area contributed by atoms with Gasteiger partial charge in [-0.3, -0.25) is 44.2 Å². The molecule has 0 aliphatic rings. The van der Waals surface area contributed by atoms with Gasteiger partial charge in [-0.25, -0.2) is 0 Å². The summed E-state index contributed by atoms with van der Waals surface area (Å²) in [5.74, 6) is -1.75. The van der Waals surface area contributed by atoms with Crippen LogP contribution < -0.4 is 26.6 Å². The summed E-state index contributed by atoms with van der Waals surface area (Å²) >= 11 is 22.9. The molecule has 0 atom stereocenters. The molecule has 16 nitrogen and oxygen atoms in total. The van der Waals surface area contributed by atoms with Crippen LogP contribution in [-0.2, 0) is 6.18 Å². The van der Waals surface area contributed by atoms with Crippen molar-refractivity contribution < 1.29 is 47.0 Å². The van der Waals surface area contributed by atoms with Crippen LogP contribution in [0, 0.1) is 34.1 Å². The molecule has 0 aromatic heterocycles. The van der Waals surface area contributed by atoms with Crippen LogP contribution >= 0.6 is 46.4 Å². The molecule has 5 amide bonds. The van der Waals surface area contributed by atoms with Gasteiger partial charge in [-0.05, 0) is 73.5 Å². The zero-order valence-corrected chi connectivity index (χ0v) is 39.0. The number of aryl methyl sites for hydroxylation is 2. The number of benzene rings is 5. The lowest BCUT2D eigenvalue weighted by atomic mass is 10.1. The Kier molecular flexibility index (Phi) is 23.8. The van der Waals surface area contributed by atoms with Crippen molar-refractivity contribution in [1.82, 2.24) is 26.6 Å². The summed E-state index contributed by atoms with van der Waals surface area (Å²) in [6.07, 6.45) is -4.48. The number of nitrogens with zero attached hydrogens (tertiary/aromatic N) is 2. The maximum Gasteiger partial charge on any atom is 0.416 e. The zero-order chi connectivity index (χ0) is 50.5. The third-order valence-electron chi connectivity index (χ3n) is 8.32. The molecular weight excluding hydrogens is 957 g/mol. The normalized spacial score (nSPS) is 9.91. The number of amides is 5. The van der Waals surface area contributed by atoms with Crippen molar-refractivity contribution in [2.45, 2.75) is 20.0 Å². The highest BCUT2D eigenvalue weighted by molar-refractivity contribution is 6.39. The van der Waals surface area contributed by atoms with Crippen molar-refractivity contribution in [2.75, 3.05) is 35.2 Å². The van der Waals surface area contributed by atoms with Gasteiger partial charge < -0.3 is 26.6 Å². The lowest BCUT2D eigenvalue weighted by Gasteiger charge is -2.09. The predicted molar refractivity (Wildman–Crippen MR) is 247 cm³/mol. The Hall–Kier alpha value is -6.80. The smallest absolute Gasteiger partial charge is 0.355 e. The second-order valence-electron chi connectivity index (χ2n) is 12.6. The number of nitro benzene ring substituents is 2. The third kappa shape index (κ3) is 17.3. The van der Waals surface area contributed by atoms with Gasteiger partial charge in [0, 0.05) is 59.0 Å². The Balaban J connectivity index is 0.000000414. The highest BCUT2D eigenvalue weighted by atomic mass is 35.5. The molecule has 23 heteroatoms. The highest BCUT2D eigenvalue weighted by Gasteiger charge is 2.31. The molecule has 0 radical (unpaired) electrons. The molecule has 5 aromatic carbocycles. The molecule has 352 valence electrons. The second kappa shape index (κ2) is 27.5. The number of nitro groups is 2. The van der Waals surface area contributed by atoms with Gasteiger partial charge in [-0.2, -0.15) is 13.2 Å². The number of halogens is 7. The molecule has 0 aliphatic heterocycles. The number of alkyl halides is 3. The lowest BCUT2D eigenvalue weighted by Crippen LogP contribution is -2.19. The molecule has 5 rings (SSSR count). The zero-order valence-electron chi connectivity index (χ0n) is 36.0. The fourth-order valence-electron chi connectivity index (χ4n) is 5.00. The van der Waals surface area contributed by atoms with Crippen LogP contribution in [0.15, 0.2) is 97.1 Å². The van der Waals surface area contributed by atoms with E-state index in [1.54, 1.807) is 44.3 Å². The molecule has 5 N–H and O–H groups in total. The molecule has 0 bridgehead atoms. The van der Waals surface area contributed by atoms with Gasteiger partial charge in [0.15, 0.2) is 0 Å². The van der Waals surface area contributed by atoms with Crippen LogP contribution in [0.5, 0.6) is 0 Å². The molecule has 66 heavy (non-hydrogen) atoms. The minimum Gasteiger partial charge on any atom is -0.355 e. The van der Waals surface area contributed by atoms with Crippen molar-refractivity contribution in [3.8, 4) is 0 Å². The largest absolute Gasteiger partial charge is 0.416 e. The SMILES string of the molecule is CNC(=O)c1c(C)cccc1Cl.CNC(=O)c1c(Cl)cccc1Cl.CNC(=O)c1cc(C(F)(F)F)ccc1Cl.CNC(=O)c1ccc([N+](=O)[O-])cc1C.CNC(=O)c1ccccc1[N+](=O)[O-]. The van der Waals surface area contributed by atoms with Gasteiger partial charge in [-0.15, -0.1) is 0 Å². The summed E-state index contributed by atoms with van der Waals surface area (Å²) in [4.78, 5) is 75.8. The molecule has 0 saturated carbocycles. The predicted octanol–water partition coefficient (Wildman–Crippen LogP) is 9.30. The summed E-state index contributed by atoms with van der Waals surface area (Å²) in [5.41, 5.74) is 1.63. The molecule has 0 aliphatic carbocycles. The Morgan fingerprint density at radius 1 is 0.485 bits per heavy atom. The van der Waals surface area contributed by atoms with Crippen molar-refractivity contribution in [3.63, 3.8) is 0 Å². The summed E-state index contributed by atoms with van der Waals surface area (Å²) < 4.78 is 36.9. The van der Waals surface area contributed by atoms with Crippen LogP contribution in [0.1, 0.15) is 68.5 Å². The number of carbonyl (C=O) groups is 5. The maximum atomic E-state index is 12.3. The number of non-ortho nitro benzene ring substituents is 1. The van der Waals surface area contributed by atoms with Gasteiger partial charge in [0.1, 0.15) is 5.56 Å². The average molecular weight is 1000 g/mol. The van der Waals surface area contributed by atoms with Gasteiger partial charge in [-0.1, -0.05) is 76.7 Å². The number of rotatable bonds is 7. The van der Waals surface area contributed by atoms with E-state index in [0.29, 0.717) is 37.3 Å². The van der Waals surface area contributed by atoms with Crippen LogP contribution in [0.2, 0.25) is 20.1 Å². The minimum absolute atomic E-state index is 0.00449. The van der Waals surface area contributed by atoms with E-state index < -0.39 is 33.4 Å². The summed E-state index contributed by atoms with van der Waals surface area (Å²) in [6.45, 7) is 3.52. The van der Waals surface area contributed by atoms with Crippen molar-refractivity contribution in [1.29, 1.82) is 0 Å². The van der Waals surface area contributed by atoms with E-state index in [2.05, 4.69) is 26.6 Å². The number of carbonyl (C=O) groups excluding carboxylic acids is 5. The van der Waals surface area contributed by atoms with Crippen LogP contribution in [0.4, 0.5) is 24.5 Å². The average Bonchev–Trinajstić information content (AvgIpc) is 3.28. The minimum atomic E-state index is -4.48. The number of hydrogen-bond donors (Lipinski definition) is 5. The summed E-state index contributed by atoms with van der Waals surface area (Å²) in [7, 11) is 7.38. The number of hydrogen-bond acceptors (Lipinski definition) is 9. The molecule has 0 fully saturated rings. The Morgan fingerprint density at radius 2 is 0.939 bits per heavy atom. The molecular formula is C43H42Cl4F3N7O9. The van der Waals surface area contributed by atoms with Crippen molar-refractivity contribution in [2.24, 2.45) is 0 Å². The van der Waals surface area contributed by atoms with Gasteiger partial charge in [0.05, 0.1) is 52.2 Å². The van der Waals surface area contributed by atoms with Gasteiger partial charge >= 0.3 is 6.18 Å². The quantitative estimate of drug-likeness (QED) is 0.0771. The van der Waals surface area contributed by atoms with Crippen LogP contribution in [0.3, 0.4) is 0 Å². The fraction of sp³-hybridized carbons (Fsp3) is 0.186. The molecule has 0 heterocycles. The standard InChI is InChI=1S/C9H7ClF3NO.C9H10ClNO.C9H10N2O3.C8H7Cl2NO.C8H8N2O3/c1-14-8(15)6-4-5(9(11,12)13)2-3-7(6)10;1-6-4-3-5-7(10)8(6)9(12)11-2;1-6-5-7(11(13)14)3-4-8(6)9(12)10-2;1-11-8(12)7-5(9)3-2-4-6(7)10;1-9-8(11)6-4-2-3-5-7(6)10(12)13/h2-4H,1H3,(H,14,15);3-5H,1-2H3,(H,11,12);3-5H,1-2H3,(H,10,12);2-4H,1H3,(H,11,12);2-5H,1H3,(H,9,11). The second-order valence-corrected chi connectivity index (χ2v) is 14.3. The van der Waals surface area contributed by atoms with E-state index >= 15 is 0 Å². The third-order valence-corrected chi connectivity index (χ3v) is 9.60. The van der Waals surface area contributed by atoms with Crippen LogP contribution in [-0.4, -0.2) is 74.6 Å². The van der Waals surface area contributed by atoms with Crippen LogP contribution in [0.25, 0.3) is 0 Å². The van der Waals surface area contributed by atoms with E-state index in [9.17, 15) is 57.4 Å². The lowest BCUT2D eigenvalue weighted by molar-refractivity contribution is -0.385.